The standard InChI is InChI=1S/C15H18N2O2/c1-9-5-6-12(10(2)7-9)15-11(3)13(8-14(18)19)17(4)16-15/h5-7H,8H2,1-4H3,(H,18,19). The van der Waals surface area contributed by atoms with E-state index < -0.39 is 5.97 Å². The van der Waals surface area contributed by atoms with Crippen molar-refractivity contribution >= 4 is 5.97 Å². The third-order valence-corrected chi connectivity index (χ3v) is 3.38. The predicted molar refractivity (Wildman–Crippen MR) is 74.2 cm³/mol. The van der Waals surface area contributed by atoms with Crippen molar-refractivity contribution in [3.05, 3.63) is 40.6 Å². The van der Waals surface area contributed by atoms with E-state index in [4.69, 9.17) is 5.11 Å². The molecule has 1 aromatic heterocycles. The van der Waals surface area contributed by atoms with Crippen LogP contribution in [0.5, 0.6) is 0 Å². The first-order chi connectivity index (χ1) is 8.90. The van der Waals surface area contributed by atoms with Gasteiger partial charge in [0, 0.05) is 12.6 Å². The van der Waals surface area contributed by atoms with Crippen LogP contribution in [-0.4, -0.2) is 20.9 Å². The van der Waals surface area contributed by atoms with Crippen LogP contribution in [0.25, 0.3) is 11.3 Å². The van der Waals surface area contributed by atoms with Crippen molar-refractivity contribution in [1.29, 1.82) is 0 Å². The molecule has 1 aromatic carbocycles. The van der Waals surface area contributed by atoms with Crippen molar-refractivity contribution in [3.8, 4) is 11.3 Å². The fraction of sp³-hybridized carbons (Fsp3) is 0.333. The number of nitrogens with zero attached hydrogens (tertiary/aromatic N) is 2. The zero-order valence-corrected chi connectivity index (χ0v) is 11.7. The van der Waals surface area contributed by atoms with Crippen molar-refractivity contribution in [2.75, 3.05) is 0 Å². The average molecular weight is 258 g/mol. The maximum atomic E-state index is 10.9. The predicted octanol–water partition coefficient (Wildman–Crippen LogP) is 2.64. The number of aliphatic carboxylic acids is 1. The number of carboxylic acids is 1. The molecular weight excluding hydrogens is 240 g/mol. The number of carbonyl (C=O) groups is 1. The SMILES string of the molecule is Cc1ccc(-c2nn(C)c(CC(=O)O)c2C)c(C)c1. The fourth-order valence-electron chi connectivity index (χ4n) is 2.39. The highest BCUT2D eigenvalue weighted by atomic mass is 16.4. The van der Waals surface area contributed by atoms with E-state index in [0.717, 1.165) is 28.1 Å². The van der Waals surface area contributed by atoms with Gasteiger partial charge in [-0.15, -0.1) is 0 Å². The van der Waals surface area contributed by atoms with Crippen LogP contribution in [-0.2, 0) is 18.3 Å². The van der Waals surface area contributed by atoms with Crippen molar-refractivity contribution in [1.82, 2.24) is 9.78 Å². The van der Waals surface area contributed by atoms with Crippen molar-refractivity contribution < 1.29 is 9.90 Å². The molecule has 2 aromatic rings. The third kappa shape index (κ3) is 2.52. The Kier molecular flexibility index (Phi) is 3.42. The van der Waals surface area contributed by atoms with Crippen LogP contribution in [0, 0.1) is 20.8 Å². The first-order valence-electron chi connectivity index (χ1n) is 6.22. The monoisotopic (exact) mass is 258 g/mol. The Morgan fingerprint density at radius 1 is 1.32 bits per heavy atom. The second kappa shape index (κ2) is 4.88. The van der Waals surface area contributed by atoms with Crippen LogP contribution in [0.4, 0.5) is 0 Å². The van der Waals surface area contributed by atoms with Crippen molar-refractivity contribution in [2.24, 2.45) is 7.05 Å². The molecule has 0 amide bonds. The zero-order valence-electron chi connectivity index (χ0n) is 11.7. The van der Waals surface area contributed by atoms with Gasteiger partial charge in [-0.2, -0.15) is 5.10 Å². The molecule has 1 heterocycles. The van der Waals surface area contributed by atoms with E-state index in [0.29, 0.717) is 0 Å². The van der Waals surface area contributed by atoms with Crippen LogP contribution in [0.1, 0.15) is 22.4 Å². The Balaban J connectivity index is 2.54. The van der Waals surface area contributed by atoms with Crippen molar-refractivity contribution in [3.63, 3.8) is 0 Å². The van der Waals surface area contributed by atoms with Gasteiger partial charge in [0.15, 0.2) is 0 Å². The molecular formula is C15H18N2O2. The van der Waals surface area contributed by atoms with Gasteiger partial charge in [0.2, 0.25) is 0 Å². The fourth-order valence-corrected chi connectivity index (χ4v) is 2.39. The molecule has 0 atom stereocenters. The molecule has 4 nitrogen and oxygen atoms in total. The lowest BCUT2D eigenvalue weighted by molar-refractivity contribution is -0.136. The summed E-state index contributed by atoms with van der Waals surface area (Å²) in [7, 11) is 1.79. The molecule has 0 radical (unpaired) electrons. The van der Waals surface area contributed by atoms with Gasteiger partial charge in [-0.3, -0.25) is 9.48 Å². The van der Waals surface area contributed by atoms with Gasteiger partial charge < -0.3 is 5.11 Å². The average Bonchev–Trinajstić information content (AvgIpc) is 2.57. The van der Waals surface area contributed by atoms with Crippen LogP contribution in [0.15, 0.2) is 18.2 Å². The molecule has 0 fully saturated rings. The summed E-state index contributed by atoms with van der Waals surface area (Å²) in [5, 5.41) is 13.4. The molecule has 0 aliphatic carbocycles. The lowest BCUT2D eigenvalue weighted by Crippen LogP contribution is -2.06. The van der Waals surface area contributed by atoms with Gasteiger partial charge in [0.1, 0.15) is 0 Å². The maximum absolute atomic E-state index is 10.9. The second-order valence-electron chi connectivity index (χ2n) is 4.93. The minimum absolute atomic E-state index is 0.000240. The number of benzene rings is 1. The van der Waals surface area contributed by atoms with E-state index in [9.17, 15) is 4.79 Å². The summed E-state index contributed by atoms with van der Waals surface area (Å²) < 4.78 is 1.66. The number of rotatable bonds is 3. The number of carboxylic acid groups (broad SMARTS) is 1. The van der Waals surface area contributed by atoms with Gasteiger partial charge in [-0.05, 0) is 31.9 Å². The van der Waals surface area contributed by atoms with Crippen LogP contribution >= 0.6 is 0 Å². The van der Waals surface area contributed by atoms with Crippen LogP contribution in [0.2, 0.25) is 0 Å². The largest absolute Gasteiger partial charge is 0.481 e. The summed E-state index contributed by atoms with van der Waals surface area (Å²) in [6, 6.07) is 6.21. The normalized spacial score (nSPS) is 10.7. The van der Waals surface area contributed by atoms with E-state index >= 15 is 0 Å². The lowest BCUT2D eigenvalue weighted by atomic mass is 10.00. The summed E-state index contributed by atoms with van der Waals surface area (Å²) in [6.45, 7) is 6.03. The Morgan fingerprint density at radius 2 is 2.00 bits per heavy atom. The third-order valence-electron chi connectivity index (χ3n) is 3.38. The molecule has 0 saturated heterocycles. The Labute approximate surface area is 112 Å². The Morgan fingerprint density at radius 3 is 2.58 bits per heavy atom. The summed E-state index contributed by atoms with van der Waals surface area (Å²) in [4.78, 5) is 10.9. The molecule has 2 rings (SSSR count). The first-order valence-corrected chi connectivity index (χ1v) is 6.22. The topological polar surface area (TPSA) is 55.1 Å². The number of hydrogen-bond donors (Lipinski definition) is 1. The zero-order chi connectivity index (χ0) is 14.2. The van der Waals surface area contributed by atoms with E-state index in [2.05, 4.69) is 18.1 Å². The highest BCUT2D eigenvalue weighted by Gasteiger charge is 2.17. The molecule has 1 N–H and O–H groups in total. The number of aryl methyl sites for hydroxylation is 3. The summed E-state index contributed by atoms with van der Waals surface area (Å²) in [5.74, 6) is -0.835. The molecule has 0 unspecified atom stereocenters. The highest BCUT2D eigenvalue weighted by molar-refractivity contribution is 5.73. The minimum atomic E-state index is -0.835. The van der Waals surface area contributed by atoms with E-state index in [1.54, 1.807) is 11.7 Å². The molecule has 100 valence electrons. The molecule has 0 saturated carbocycles. The number of hydrogen-bond acceptors (Lipinski definition) is 2. The molecule has 0 spiro atoms. The lowest BCUT2D eigenvalue weighted by Gasteiger charge is -2.05. The van der Waals surface area contributed by atoms with Gasteiger partial charge >= 0.3 is 5.97 Å². The van der Waals surface area contributed by atoms with E-state index in [1.807, 2.05) is 26.0 Å². The smallest absolute Gasteiger partial charge is 0.309 e. The summed E-state index contributed by atoms with van der Waals surface area (Å²) in [5.41, 5.74) is 5.99. The molecule has 19 heavy (non-hydrogen) atoms. The Hall–Kier alpha value is -2.10. The maximum Gasteiger partial charge on any atom is 0.309 e. The van der Waals surface area contributed by atoms with E-state index in [1.165, 1.54) is 5.56 Å². The quantitative estimate of drug-likeness (QED) is 0.920. The molecule has 0 bridgehead atoms. The Bertz CT molecular complexity index is 642. The van der Waals surface area contributed by atoms with Gasteiger partial charge in [0.25, 0.3) is 0 Å². The van der Waals surface area contributed by atoms with Crippen molar-refractivity contribution in [2.45, 2.75) is 27.2 Å². The highest BCUT2D eigenvalue weighted by Crippen LogP contribution is 2.28. The molecule has 0 aliphatic heterocycles. The van der Waals surface area contributed by atoms with Crippen LogP contribution < -0.4 is 0 Å². The van der Waals surface area contributed by atoms with Gasteiger partial charge in [0.05, 0.1) is 17.8 Å². The molecule has 4 heteroatoms. The molecule has 0 aliphatic rings. The van der Waals surface area contributed by atoms with Gasteiger partial charge in [-0.25, -0.2) is 0 Å². The van der Waals surface area contributed by atoms with Gasteiger partial charge in [-0.1, -0.05) is 23.8 Å². The van der Waals surface area contributed by atoms with Crippen LogP contribution in [0.3, 0.4) is 0 Å². The first kappa shape index (κ1) is 13.3. The summed E-state index contributed by atoms with van der Waals surface area (Å²) in [6.07, 6.45) is 0.000240. The minimum Gasteiger partial charge on any atom is -0.481 e. The number of aromatic nitrogens is 2. The summed E-state index contributed by atoms with van der Waals surface area (Å²) >= 11 is 0. The second-order valence-corrected chi connectivity index (χ2v) is 4.93. The van der Waals surface area contributed by atoms with E-state index in [-0.39, 0.29) is 6.42 Å².